The largest absolute Gasteiger partial charge is 0.438 e. The molecule has 0 aliphatic heterocycles. The molecule has 5 aromatic rings. The lowest BCUT2D eigenvalue weighted by atomic mass is 10.0. The first kappa shape index (κ1) is 20.6. The van der Waals surface area contributed by atoms with Gasteiger partial charge in [-0.15, -0.1) is 9.24 Å². The molecule has 9 heteroatoms. The number of nitrogens with two attached hydrogens (primary N) is 1. The fourth-order valence-electron chi connectivity index (χ4n) is 3.37. The molecule has 33 heavy (non-hydrogen) atoms. The third-order valence-electron chi connectivity index (χ3n) is 5.00. The van der Waals surface area contributed by atoms with Gasteiger partial charge in [-0.1, -0.05) is 24.3 Å². The zero-order chi connectivity index (χ0) is 22.8. The van der Waals surface area contributed by atoms with Gasteiger partial charge in [-0.2, -0.15) is 5.10 Å². The second kappa shape index (κ2) is 8.68. The van der Waals surface area contributed by atoms with Gasteiger partial charge < -0.3 is 15.8 Å². The maximum absolute atomic E-state index is 12.9. The average molecular weight is 454 g/mol. The number of aromatic nitrogens is 4. The van der Waals surface area contributed by atoms with E-state index in [9.17, 15) is 4.79 Å². The number of pyridine rings is 2. The van der Waals surface area contributed by atoms with Crippen LogP contribution in [0.1, 0.15) is 10.5 Å². The highest BCUT2D eigenvalue weighted by atomic mass is 31.0. The minimum absolute atomic E-state index is 0.279. The summed E-state index contributed by atoms with van der Waals surface area (Å²) in [7, 11) is 2.62. The molecule has 0 aliphatic carbocycles. The Balaban J connectivity index is 1.36. The Morgan fingerprint density at radius 1 is 1.00 bits per heavy atom. The van der Waals surface area contributed by atoms with Crippen molar-refractivity contribution in [3.05, 3.63) is 84.9 Å². The van der Waals surface area contributed by atoms with Crippen molar-refractivity contribution < 1.29 is 9.53 Å². The second-order valence-corrected chi connectivity index (χ2v) is 7.94. The maximum atomic E-state index is 12.9. The van der Waals surface area contributed by atoms with Crippen LogP contribution in [0, 0.1) is 0 Å². The van der Waals surface area contributed by atoms with Crippen LogP contribution in [0.5, 0.6) is 11.6 Å². The predicted octanol–water partition coefficient (Wildman–Crippen LogP) is 4.15. The fourth-order valence-corrected chi connectivity index (χ4v) is 3.64. The van der Waals surface area contributed by atoms with Crippen LogP contribution in [0.2, 0.25) is 0 Å². The van der Waals surface area contributed by atoms with E-state index in [2.05, 4.69) is 34.7 Å². The number of H-pyrrole nitrogens is 1. The van der Waals surface area contributed by atoms with Crippen LogP contribution in [-0.2, 0) is 0 Å². The normalized spacial score (nSPS) is 10.8. The Hall–Kier alpha value is -4.29. The minimum Gasteiger partial charge on any atom is -0.438 e. The highest BCUT2D eigenvalue weighted by Crippen LogP contribution is 2.27. The van der Waals surface area contributed by atoms with Crippen LogP contribution >= 0.6 is 9.24 Å². The lowest BCUT2D eigenvalue weighted by molar-refractivity contribution is 0.102. The van der Waals surface area contributed by atoms with Gasteiger partial charge in [-0.25, -0.2) is 4.98 Å². The van der Waals surface area contributed by atoms with Crippen molar-refractivity contribution in [2.24, 2.45) is 0 Å². The number of carbonyl (C=O) groups excluding carboxylic acids is 1. The number of hydrogen-bond acceptors (Lipinski definition) is 6. The predicted molar refractivity (Wildman–Crippen MR) is 132 cm³/mol. The number of nitrogens with one attached hydrogen (secondary N) is 2. The van der Waals surface area contributed by atoms with E-state index in [0.29, 0.717) is 28.4 Å². The van der Waals surface area contributed by atoms with Gasteiger partial charge >= 0.3 is 0 Å². The van der Waals surface area contributed by atoms with Crippen molar-refractivity contribution in [3.8, 4) is 22.8 Å². The van der Waals surface area contributed by atoms with Crippen LogP contribution in [-0.4, -0.2) is 26.1 Å². The Morgan fingerprint density at radius 2 is 1.88 bits per heavy atom. The number of para-hydroxylation sites is 1. The smallest absolute Gasteiger partial charge is 0.276 e. The fraction of sp³-hybridized carbons (Fsp3) is 0. The third kappa shape index (κ3) is 4.37. The number of nitrogen functional groups attached to an aromatic ring is 1. The van der Waals surface area contributed by atoms with Gasteiger partial charge in [0.05, 0.1) is 23.1 Å². The van der Waals surface area contributed by atoms with Crippen LogP contribution in [0.3, 0.4) is 0 Å². The summed E-state index contributed by atoms with van der Waals surface area (Å²) in [5, 5.41) is 11.5. The van der Waals surface area contributed by atoms with E-state index in [-0.39, 0.29) is 11.6 Å². The quantitative estimate of drug-likeness (QED) is 0.343. The molecule has 0 radical (unpaired) electrons. The van der Waals surface area contributed by atoms with Gasteiger partial charge in [0.1, 0.15) is 5.75 Å². The summed E-state index contributed by atoms with van der Waals surface area (Å²) in [6.45, 7) is 0. The highest BCUT2D eigenvalue weighted by molar-refractivity contribution is 7.27. The number of carbonyl (C=O) groups is 1. The molecule has 8 nitrogen and oxygen atoms in total. The lowest BCUT2D eigenvalue weighted by Gasteiger charge is -2.08. The monoisotopic (exact) mass is 454 g/mol. The van der Waals surface area contributed by atoms with E-state index >= 15 is 0 Å². The van der Waals surface area contributed by atoms with Crippen LogP contribution in [0.25, 0.3) is 22.0 Å². The zero-order valence-electron chi connectivity index (χ0n) is 17.3. The summed E-state index contributed by atoms with van der Waals surface area (Å²) in [6, 6.07) is 18.5. The van der Waals surface area contributed by atoms with Gasteiger partial charge in [-0.05, 0) is 35.9 Å². The number of rotatable bonds is 5. The van der Waals surface area contributed by atoms with Crippen molar-refractivity contribution >= 4 is 42.7 Å². The van der Waals surface area contributed by atoms with Gasteiger partial charge in [0.15, 0.2) is 5.69 Å². The second-order valence-electron chi connectivity index (χ2n) is 7.32. The molecule has 0 saturated carbocycles. The molecule has 5 rings (SSSR count). The molecule has 3 heterocycles. The molecule has 162 valence electrons. The van der Waals surface area contributed by atoms with E-state index in [1.807, 2.05) is 48.5 Å². The molecule has 1 unspecified atom stereocenters. The molecule has 2 aromatic carbocycles. The number of aromatic amines is 1. The topological polar surface area (TPSA) is 119 Å². The van der Waals surface area contributed by atoms with Gasteiger partial charge in [0.2, 0.25) is 5.88 Å². The maximum Gasteiger partial charge on any atom is 0.276 e. The Kier molecular flexibility index (Phi) is 5.42. The van der Waals surface area contributed by atoms with E-state index in [1.165, 1.54) is 6.20 Å². The first-order valence-corrected chi connectivity index (χ1v) is 10.6. The Morgan fingerprint density at radius 3 is 2.67 bits per heavy atom. The number of benzene rings is 2. The number of anilines is 2. The summed E-state index contributed by atoms with van der Waals surface area (Å²) in [5.74, 6) is 0.768. The summed E-state index contributed by atoms with van der Waals surface area (Å²) < 4.78 is 5.79. The van der Waals surface area contributed by atoms with Crippen molar-refractivity contribution in [1.82, 2.24) is 20.2 Å². The highest BCUT2D eigenvalue weighted by Gasteiger charge is 2.16. The molecule has 0 fully saturated rings. The zero-order valence-corrected chi connectivity index (χ0v) is 18.5. The molecule has 0 bridgehead atoms. The SMILES string of the molecule is Nc1cncc(-c2ccc3[nH]nc(C(=O)Nc4ccc(Oc5ccccc5P)nc4)c3c2)c1. The Labute approximate surface area is 191 Å². The van der Waals surface area contributed by atoms with Crippen LogP contribution in [0.15, 0.2) is 79.3 Å². The number of ether oxygens (including phenoxy) is 1. The Bertz CT molecular complexity index is 1470. The number of fused-ring (bicyclic) bond motifs is 1. The summed E-state index contributed by atoms with van der Waals surface area (Å²) in [6.07, 6.45) is 4.85. The first-order chi connectivity index (χ1) is 16.1. The summed E-state index contributed by atoms with van der Waals surface area (Å²) >= 11 is 0. The number of amides is 1. The van der Waals surface area contributed by atoms with E-state index in [1.54, 1.807) is 24.5 Å². The number of hydrogen-bond donors (Lipinski definition) is 3. The van der Waals surface area contributed by atoms with E-state index < -0.39 is 0 Å². The van der Waals surface area contributed by atoms with Crippen molar-refractivity contribution in [1.29, 1.82) is 0 Å². The molecule has 1 amide bonds. The van der Waals surface area contributed by atoms with E-state index in [4.69, 9.17) is 10.5 Å². The van der Waals surface area contributed by atoms with Crippen molar-refractivity contribution in [2.75, 3.05) is 11.1 Å². The van der Waals surface area contributed by atoms with Crippen molar-refractivity contribution in [3.63, 3.8) is 0 Å². The van der Waals surface area contributed by atoms with Crippen LogP contribution in [0.4, 0.5) is 11.4 Å². The average Bonchev–Trinajstić information content (AvgIpc) is 3.25. The summed E-state index contributed by atoms with van der Waals surface area (Å²) in [4.78, 5) is 21.3. The number of nitrogens with zero attached hydrogens (tertiary/aromatic N) is 3. The third-order valence-corrected chi connectivity index (χ3v) is 5.48. The van der Waals surface area contributed by atoms with Gasteiger partial charge in [0.25, 0.3) is 5.91 Å². The molecule has 4 N–H and O–H groups in total. The molecular weight excluding hydrogens is 435 g/mol. The van der Waals surface area contributed by atoms with Crippen molar-refractivity contribution in [2.45, 2.75) is 0 Å². The van der Waals surface area contributed by atoms with Gasteiger partial charge in [-0.3, -0.25) is 14.9 Å². The molecule has 0 aliphatic rings. The molecule has 0 spiro atoms. The molecule has 3 aromatic heterocycles. The minimum atomic E-state index is -0.352. The molecule has 1 atom stereocenters. The molecule has 0 saturated heterocycles. The standard InChI is InChI=1S/C24H19N6O2P/c25-16-9-15(11-26-12-16)14-5-7-19-18(10-14)23(30-29-19)24(31)28-17-6-8-22(27-13-17)32-20-3-1-2-4-21(20)33/h1-13H,25,33H2,(H,28,31)(H,29,30). The van der Waals surface area contributed by atoms with E-state index in [0.717, 1.165) is 21.9 Å². The first-order valence-electron chi connectivity index (χ1n) is 10.1. The van der Waals surface area contributed by atoms with Gasteiger partial charge in [0, 0.05) is 34.7 Å². The lowest BCUT2D eigenvalue weighted by Crippen LogP contribution is -2.13. The molecular formula is C24H19N6O2P. The summed E-state index contributed by atoms with van der Waals surface area (Å²) in [5.41, 5.74) is 9.72. The van der Waals surface area contributed by atoms with Crippen LogP contribution < -0.4 is 21.1 Å².